The van der Waals surface area contributed by atoms with E-state index in [1.165, 1.54) is 23.5 Å². The van der Waals surface area contributed by atoms with Gasteiger partial charge in [0.15, 0.2) is 5.13 Å². The van der Waals surface area contributed by atoms with Crippen molar-refractivity contribution in [3.63, 3.8) is 0 Å². The lowest BCUT2D eigenvalue weighted by Gasteiger charge is -2.24. The van der Waals surface area contributed by atoms with Gasteiger partial charge in [-0.3, -0.25) is 4.79 Å². The van der Waals surface area contributed by atoms with Crippen molar-refractivity contribution in [2.75, 3.05) is 5.32 Å². The van der Waals surface area contributed by atoms with E-state index in [1.807, 2.05) is 0 Å². The Labute approximate surface area is 186 Å². The molecule has 1 amide bonds. The normalized spacial score (nSPS) is 15.9. The molecule has 1 aromatic heterocycles. The van der Waals surface area contributed by atoms with Crippen molar-refractivity contribution in [1.82, 2.24) is 4.98 Å². The number of fused-ring (bicyclic) bond motifs is 1. The molecule has 1 atom stereocenters. The Balaban J connectivity index is 1.71. The summed E-state index contributed by atoms with van der Waals surface area (Å²) in [6, 6.07) is 12.8. The highest BCUT2D eigenvalue weighted by atomic mass is 35.5. The van der Waals surface area contributed by atoms with Gasteiger partial charge in [0.2, 0.25) is 21.8 Å². The number of carbonyl (C=O) groups excluding carboxylic acids is 1. The summed E-state index contributed by atoms with van der Waals surface area (Å²) < 4.78 is 28.4. The fourth-order valence-corrected chi connectivity index (χ4v) is 4.84. The number of nitrogens with one attached hydrogen (secondary N) is 1. The second kappa shape index (κ2) is 7.85. The minimum atomic E-state index is -3.79. The molecule has 12 heteroatoms. The number of sulfonamides is 1. The van der Waals surface area contributed by atoms with Crippen LogP contribution in [0.3, 0.4) is 0 Å². The topological polar surface area (TPSA) is 163 Å². The van der Waals surface area contributed by atoms with Gasteiger partial charge < -0.3 is 21.5 Å². The zero-order valence-electron chi connectivity index (χ0n) is 15.7. The average molecular weight is 478 g/mol. The molecule has 0 fully saturated rings. The molecule has 31 heavy (non-hydrogen) atoms. The quantitative estimate of drug-likeness (QED) is 0.438. The number of amides is 1. The van der Waals surface area contributed by atoms with Gasteiger partial charge >= 0.3 is 0 Å². The zero-order chi connectivity index (χ0) is 22.3. The number of halogens is 1. The number of carbonyl (C=O) groups is 1. The first-order valence-electron chi connectivity index (χ1n) is 8.77. The number of ether oxygens (including phenoxy) is 1. The van der Waals surface area contributed by atoms with E-state index >= 15 is 0 Å². The first-order chi connectivity index (χ1) is 14.6. The summed E-state index contributed by atoms with van der Waals surface area (Å²) in [6.07, 6.45) is 0. The van der Waals surface area contributed by atoms with Crippen LogP contribution < -0.4 is 26.7 Å². The first-order valence-corrected chi connectivity index (χ1v) is 11.5. The second-order valence-corrected chi connectivity index (χ2v) is 9.64. The third-order valence-electron chi connectivity index (χ3n) is 4.55. The number of benzene rings is 2. The van der Waals surface area contributed by atoms with E-state index in [2.05, 4.69) is 10.3 Å². The molecule has 1 aliphatic rings. The number of aromatic nitrogens is 1. The Morgan fingerprint density at radius 2 is 1.77 bits per heavy atom. The van der Waals surface area contributed by atoms with Gasteiger partial charge in [0.05, 0.1) is 21.3 Å². The minimum Gasteiger partial charge on any atom is -0.421 e. The number of rotatable bonds is 5. The van der Waals surface area contributed by atoms with E-state index in [0.717, 1.165) is 5.56 Å². The maximum absolute atomic E-state index is 12.1. The van der Waals surface area contributed by atoms with E-state index in [0.29, 0.717) is 20.7 Å². The maximum Gasteiger partial charge on any atom is 0.251 e. The number of thiazole rings is 1. The third-order valence-corrected chi connectivity index (χ3v) is 6.74. The highest BCUT2D eigenvalue weighted by molar-refractivity contribution is 7.89. The molecule has 2 heterocycles. The zero-order valence-corrected chi connectivity index (χ0v) is 18.1. The Kier molecular flexibility index (Phi) is 5.35. The van der Waals surface area contributed by atoms with Crippen molar-refractivity contribution >= 4 is 49.7 Å². The van der Waals surface area contributed by atoms with Gasteiger partial charge in [0.25, 0.3) is 5.91 Å². The van der Waals surface area contributed by atoms with Crippen molar-refractivity contribution < 1.29 is 17.9 Å². The van der Waals surface area contributed by atoms with Gasteiger partial charge in [-0.1, -0.05) is 35.1 Å². The molecule has 0 saturated heterocycles. The molecule has 7 N–H and O–H groups in total. The summed E-state index contributed by atoms with van der Waals surface area (Å²) in [7, 11) is -3.79. The second-order valence-electron chi connectivity index (χ2n) is 6.61. The van der Waals surface area contributed by atoms with Crippen molar-refractivity contribution in [1.29, 1.82) is 0 Å². The summed E-state index contributed by atoms with van der Waals surface area (Å²) in [5.74, 6) is -1.15. The summed E-state index contributed by atoms with van der Waals surface area (Å²) in [4.78, 5) is 17.2. The molecule has 160 valence electrons. The average Bonchev–Trinajstić information content (AvgIpc) is 3.09. The van der Waals surface area contributed by atoms with E-state index in [1.54, 1.807) is 36.4 Å². The standard InChI is InChI=1S/C19H16ClN5O4S2/c20-10-3-1-9(2-4-10)13-14(16(21)26)17(22)29-18-15(13)30-19(25-18)24-11-5-7-12(8-6-11)31(23,27)28/h1-8,13H,22H2,(H2,21,26)(H,24,25)(H2,23,27,28). The van der Waals surface area contributed by atoms with Crippen molar-refractivity contribution in [3.8, 4) is 5.88 Å². The fraction of sp³-hybridized carbons (Fsp3) is 0.0526. The Hall–Kier alpha value is -3.12. The Morgan fingerprint density at radius 1 is 1.13 bits per heavy atom. The fourth-order valence-electron chi connectivity index (χ4n) is 3.15. The number of hydrogen-bond donors (Lipinski definition) is 4. The number of primary sulfonamides is 1. The smallest absolute Gasteiger partial charge is 0.251 e. The molecule has 0 radical (unpaired) electrons. The lowest BCUT2D eigenvalue weighted by atomic mass is 9.88. The van der Waals surface area contributed by atoms with Gasteiger partial charge in [-0.15, -0.1) is 0 Å². The van der Waals surface area contributed by atoms with Crippen LogP contribution in [0.25, 0.3) is 0 Å². The van der Waals surface area contributed by atoms with Crippen LogP contribution in [0.4, 0.5) is 10.8 Å². The molecule has 2 aromatic carbocycles. The third kappa shape index (κ3) is 4.21. The van der Waals surface area contributed by atoms with Crippen molar-refractivity contribution in [2.45, 2.75) is 10.8 Å². The van der Waals surface area contributed by atoms with E-state index in [4.69, 9.17) is 32.9 Å². The molecule has 9 nitrogen and oxygen atoms in total. The van der Waals surface area contributed by atoms with Crippen molar-refractivity contribution in [2.24, 2.45) is 16.6 Å². The lowest BCUT2D eigenvalue weighted by molar-refractivity contribution is -0.115. The van der Waals surface area contributed by atoms with Gasteiger partial charge in [-0.05, 0) is 42.0 Å². The van der Waals surface area contributed by atoms with Gasteiger partial charge in [0, 0.05) is 10.7 Å². The highest BCUT2D eigenvalue weighted by Gasteiger charge is 2.36. The molecule has 0 saturated carbocycles. The van der Waals surface area contributed by atoms with Crippen LogP contribution in [0.1, 0.15) is 16.4 Å². The van der Waals surface area contributed by atoms with Crippen LogP contribution in [0.15, 0.2) is 64.9 Å². The monoisotopic (exact) mass is 477 g/mol. The molecule has 0 aliphatic carbocycles. The molecular weight excluding hydrogens is 462 g/mol. The highest BCUT2D eigenvalue weighted by Crippen LogP contribution is 2.46. The van der Waals surface area contributed by atoms with E-state index < -0.39 is 21.8 Å². The minimum absolute atomic E-state index is 0.00862. The SMILES string of the molecule is NC(=O)C1=C(N)Oc2nc(Nc3ccc(S(N)(=O)=O)cc3)sc2C1c1ccc(Cl)cc1. The van der Waals surface area contributed by atoms with Crippen LogP contribution in [-0.2, 0) is 14.8 Å². The molecule has 4 rings (SSSR count). The molecule has 0 spiro atoms. The van der Waals surface area contributed by atoms with Gasteiger partial charge in [0.1, 0.15) is 0 Å². The predicted octanol–water partition coefficient (Wildman–Crippen LogP) is 2.37. The van der Waals surface area contributed by atoms with Crippen LogP contribution in [0.2, 0.25) is 5.02 Å². The maximum atomic E-state index is 12.1. The summed E-state index contributed by atoms with van der Waals surface area (Å²) >= 11 is 7.24. The van der Waals surface area contributed by atoms with Gasteiger partial charge in [-0.25, -0.2) is 13.6 Å². The first kappa shape index (κ1) is 21.1. The van der Waals surface area contributed by atoms with Crippen LogP contribution in [-0.4, -0.2) is 19.3 Å². The summed E-state index contributed by atoms with van der Waals surface area (Å²) in [5, 5.41) is 9.19. The number of nitrogens with zero attached hydrogens (tertiary/aromatic N) is 1. The largest absolute Gasteiger partial charge is 0.421 e. The van der Waals surface area contributed by atoms with Gasteiger partial charge in [-0.2, -0.15) is 4.98 Å². The molecule has 1 unspecified atom stereocenters. The van der Waals surface area contributed by atoms with Crippen molar-refractivity contribution in [3.05, 3.63) is 75.5 Å². The molecular formula is C19H16ClN5O4S2. The molecule has 1 aliphatic heterocycles. The summed E-state index contributed by atoms with van der Waals surface area (Å²) in [5.41, 5.74) is 13.0. The Morgan fingerprint density at radius 3 is 2.35 bits per heavy atom. The lowest BCUT2D eigenvalue weighted by Crippen LogP contribution is -2.29. The van der Waals surface area contributed by atoms with E-state index in [9.17, 15) is 13.2 Å². The summed E-state index contributed by atoms with van der Waals surface area (Å²) in [6.45, 7) is 0. The number of hydrogen-bond acceptors (Lipinski definition) is 8. The Bertz CT molecular complexity index is 1300. The van der Waals surface area contributed by atoms with Crippen LogP contribution in [0, 0.1) is 0 Å². The van der Waals surface area contributed by atoms with E-state index in [-0.39, 0.29) is 22.2 Å². The predicted molar refractivity (Wildman–Crippen MR) is 118 cm³/mol. The van der Waals surface area contributed by atoms with Crippen LogP contribution >= 0.6 is 22.9 Å². The number of anilines is 2. The van der Waals surface area contributed by atoms with Crippen LogP contribution in [0.5, 0.6) is 5.88 Å². The molecule has 3 aromatic rings. The number of primary amides is 1. The molecule has 0 bridgehead atoms. The number of nitrogens with two attached hydrogens (primary N) is 3.